The second-order valence-corrected chi connectivity index (χ2v) is 7.01. The van der Waals surface area contributed by atoms with Gasteiger partial charge in [-0.3, -0.25) is 9.89 Å². The van der Waals surface area contributed by atoms with Crippen LogP contribution < -0.4 is 16.4 Å². The normalized spacial score (nSPS) is 16.1. The Bertz CT molecular complexity index is 969. The van der Waals surface area contributed by atoms with Gasteiger partial charge in [0.1, 0.15) is 0 Å². The van der Waals surface area contributed by atoms with Crippen molar-refractivity contribution in [2.45, 2.75) is 12.8 Å². The lowest BCUT2D eigenvalue weighted by molar-refractivity contribution is -0.120. The number of nitrogens with two attached hydrogens (primary N) is 1. The van der Waals surface area contributed by atoms with Gasteiger partial charge >= 0.3 is 0 Å². The molecule has 0 unspecified atom stereocenters. The number of carbonyl (C=O) groups excluding carboxylic acids is 1. The van der Waals surface area contributed by atoms with Crippen LogP contribution >= 0.6 is 36.4 Å². The fourth-order valence-electron chi connectivity index (χ4n) is 3.34. The van der Waals surface area contributed by atoms with Crippen molar-refractivity contribution in [2.75, 3.05) is 24.1 Å². The van der Waals surface area contributed by atoms with Crippen molar-refractivity contribution in [3.8, 4) is 11.1 Å². The van der Waals surface area contributed by atoms with Crippen LogP contribution in [0, 0.1) is 5.92 Å². The number of H-pyrrole nitrogens is 1. The van der Waals surface area contributed by atoms with Gasteiger partial charge in [0.25, 0.3) is 0 Å². The van der Waals surface area contributed by atoms with Gasteiger partial charge in [0.05, 0.1) is 16.5 Å². The van der Waals surface area contributed by atoms with Crippen molar-refractivity contribution in [2.24, 2.45) is 5.92 Å². The summed E-state index contributed by atoms with van der Waals surface area (Å²) in [5.74, 6) is 0.524. The van der Waals surface area contributed by atoms with Crippen LogP contribution in [0.15, 0.2) is 36.4 Å². The molecule has 9 heteroatoms. The van der Waals surface area contributed by atoms with Crippen molar-refractivity contribution >= 4 is 64.7 Å². The average molecular weight is 443 g/mol. The van der Waals surface area contributed by atoms with E-state index in [1.165, 1.54) is 0 Å². The number of hydrogen-bond acceptors (Lipinski definition) is 4. The van der Waals surface area contributed by atoms with Gasteiger partial charge in [-0.15, -0.1) is 24.8 Å². The highest BCUT2D eigenvalue weighted by Crippen LogP contribution is 2.33. The number of benzene rings is 2. The molecule has 1 saturated heterocycles. The number of hydrogen-bond donors (Lipinski definition) is 4. The number of aromatic amines is 1. The maximum absolute atomic E-state index is 12.5. The fourth-order valence-corrected chi connectivity index (χ4v) is 3.63. The maximum atomic E-state index is 12.5. The molecule has 0 bridgehead atoms. The molecule has 28 heavy (non-hydrogen) atoms. The first-order valence-electron chi connectivity index (χ1n) is 8.67. The van der Waals surface area contributed by atoms with Gasteiger partial charge < -0.3 is 16.4 Å². The van der Waals surface area contributed by atoms with Crippen molar-refractivity contribution < 1.29 is 4.79 Å². The third-order valence-corrected chi connectivity index (χ3v) is 5.09. The molecule has 0 radical (unpaired) electrons. The Morgan fingerprint density at radius 3 is 2.75 bits per heavy atom. The molecule has 150 valence electrons. The number of nitrogens with zero attached hydrogens (tertiary/aromatic N) is 1. The molecule has 1 aliphatic rings. The van der Waals surface area contributed by atoms with Crippen molar-refractivity contribution in [1.29, 1.82) is 0 Å². The first-order valence-corrected chi connectivity index (χ1v) is 9.05. The van der Waals surface area contributed by atoms with Crippen LogP contribution in [0.2, 0.25) is 5.02 Å². The van der Waals surface area contributed by atoms with Crippen LogP contribution in [0.5, 0.6) is 0 Å². The Balaban J connectivity index is 0.00000140. The molecule has 5 N–H and O–H groups in total. The monoisotopic (exact) mass is 441 g/mol. The third kappa shape index (κ3) is 4.52. The SMILES string of the molecule is Cl.Cl.Nc1ccc(-c2ccc3[nH]nc(NC(=O)[C@@H]4CCCNC4)c3c2)c(Cl)c1. The molecular weight excluding hydrogens is 421 g/mol. The van der Waals surface area contributed by atoms with Crippen LogP contribution in [0.3, 0.4) is 0 Å². The summed E-state index contributed by atoms with van der Waals surface area (Å²) in [6, 6.07) is 11.3. The second-order valence-electron chi connectivity index (χ2n) is 6.60. The van der Waals surface area contributed by atoms with E-state index in [-0.39, 0.29) is 36.6 Å². The minimum Gasteiger partial charge on any atom is -0.399 e. The van der Waals surface area contributed by atoms with Crippen LogP contribution in [0.1, 0.15) is 12.8 Å². The van der Waals surface area contributed by atoms with Gasteiger partial charge in [0.15, 0.2) is 5.82 Å². The highest BCUT2D eigenvalue weighted by molar-refractivity contribution is 6.33. The van der Waals surface area contributed by atoms with E-state index >= 15 is 0 Å². The largest absolute Gasteiger partial charge is 0.399 e. The Labute approximate surface area is 180 Å². The Kier molecular flexibility index (Phi) is 7.55. The number of nitrogen functional groups attached to an aromatic ring is 1. The smallest absolute Gasteiger partial charge is 0.229 e. The summed E-state index contributed by atoms with van der Waals surface area (Å²) >= 11 is 6.33. The lowest BCUT2D eigenvalue weighted by Gasteiger charge is -2.21. The zero-order valence-electron chi connectivity index (χ0n) is 15.0. The number of fused-ring (bicyclic) bond motifs is 1. The van der Waals surface area contributed by atoms with Crippen molar-refractivity contribution in [3.05, 3.63) is 41.4 Å². The van der Waals surface area contributed by atoms with Crippen molar-refractivity contribution in [3.63, 3.8) is 0 Å². The Morgan fingerprint density at radius 1 is 1.21 bits per heavy atom. The minimum absolute atomic E-state index is 0. The molecule has 1 atom stereocenters. The molecule has 2 heterocycles. The predicted molar refractivity (Wildman–Crippen MR) is 120 cm³/mol. The van der Waals surface area contributed by atoms with Crippen LogP contribution in [0.25, 0.3) is 22.0 Å². The number of halogens is 3. The van der Waals surface area contributed by atoms with E-state index in [0.29, 0.717) is 23.1 Å². The van der Waals surface area contributed by atoms with Gasteiger partial charge in [-0.05, 0) is 49.2 Å². The lowest BCUT2D eigenvalue weighted by Crippen LogP contribution is -2.37. The quantitative estimate of drug-likeness (QED) is 0.456. The molecule has 2 aromatic carbocycles. The Morgan fingerprint density at radius 2 is 2.04 bits per heavy atom. The minimum atomic E-state index is -0.0229. The zero-order chi connectivity index (χ0) is 18.1. The molecular formula is C19H22Cl3N5O. The molecule has 1 aliphatic heterocycles. The highest BCUT2D eigenvalue weighted by atomic mass is 35.5. The number of amides is 1. The average Bonchev–Trinajstić information content (AvgIpc) is 3.04. The van der Waals surface area contributed by atoms with Gasteiger partial charge in [0, 0.05) is 23.2 Å². The summed E-state index contributed by atoms with van der Waals surface area (Å²) in [6.07, 6.45) is 1.91. The molecule has 1 fully saturated rings. The summed E-state index contributed by atoms with van der Waals surface area (Å²) in [4.78, 5) is 12.5. The molecule has 0 spiro atoms. The van der Waals surface area contributed by atoms with Gasteiger partial charge in [-0.25, -0.2) is 0 Å². The van der Waals surface area contributed by atoms with E-state index in [4.69, 9.17) is 17.3 Å². The molecule has 1 amide bonds. The standard InChI is InChI=1S/C19H20ClN5O.2ClH/c20-16-9-13(21)4-5-14(16)11-3-6-17-15(8-11)18(25-24-17)23-19(26)12-2-1-7-22-10-12;;/h3-6,8-9,12,22H,1-2,7,10,21H2,(H2,23,24,25,26);2*1H/t12-;;/m1../s1. The first kappa shape index (κ1) is 22.3. The van der Waals surface area contributed by atoms with E-state index in [1.807, 2.05) is 30.3 Å². The fraction of sp³-hybridized carbons (Fsp3) is 0.263. The van der Waals surface area contributed by atoms with Crippen LogP contribution in [-0.2, 0) is 4.79 Å². The molecule has 3 aromatic rings. The second kappa shape index (κ2) is 9.47. The summed E-state index contributed by atoms with van der Waals surface area (Å²) in [5.41, 5.74) is 9.09. The molecule has 6 nitrogen and oxygen atoms in total. The van der Waals surface area contributed by atoms with E-state index < -0.39 is 0 Å². The van der Waals surface area contributed by atoms with Crippen molar-refractivity contribution in [1.82, 2.24) is 15.5 Å². The van der Waals surface area contributed by atoms with E-state index in [9.17, 15) is 4.79 Å². The number of aromatic nitrogens is 2. The summed E-state index contributed by atoms with van der Waals surface area (Å²) in [6.45, 7) is 1.68. The summed E-state index contributed by atoms with van der Waals surface area (Å²) in [5, 5.41) is 14.9. The molecule has 0 aliphatic carbocycles. The maximum Gasteiger partial charge on any atom is 0.229 e. The van der Waals surface area contributed by atoms with E-state index in [2.05, 4.69) is 20.8 Å². The predicted octanol–water partition coefficient (Wildman–Crippen LogP) is 4.25. The summed E-state index contributed by atoms with van der Waals surface area (Å²) < 4.78 is 0. The topological polar surface area (TPSA) is 95.8 Å². The first-order chi connectivity index (χ1) is 12.6. The van der Waals surface area contributed by atoms with E-state index in [0.717, 1.165) is 41.4 Å². The molecule has 0 saturated carbocycles. The van der Waals surface area contributed by atoms with Crippen LogP contribution in [0.4, 0.5) is 11.5 Å². The van der Waals surface area contributed by atoms with Gasteiger partial charge in [-0.1, -0.05) is 23.7 Å². The number of nitrogens with one attached hydrogen (secondary N) is 3. The third-order valence-electron chi connectivity index (χ3n) is 4.78. The van der Waals surface area contributed by atoms with Gasteiger partial charge in [-0.2, -0.15) is 5.10 Å². The lowest BCUT2D eigenvalue weighted by atomic mass is 9.99. The molecule has 4 rings (SSSR count). The zero-order valence-corrected chi connectivity index (χ0v) is 17.4. The number of rotatable bonds is 3. The highest BCUT2D eigenvalue weighted by Gasteiger charge is 2.22. The number of anilines is 2. The van der Waals surface area contributed by atoms with Gasteiger partial charge in [0.2, 0.25) is 5.91 Å². The molecule has 1 aromatic heterocycles. The Hall–Kier alpha value is -1.99. The number of carbonyl (C=O) groups is 1. The summed E-state index contributed by atoms with van der Waals surface area (Å²) in [7, 11) is 0. The number of piperidine rings is 1. The van der Waals surface area contributed by atoms with Crippen LogP contribution in [-0.4, -0.2) is 29.2 Å². The van der Waals surface area contributed by atoms with E-state index in [1.54, 1.807) is 6.07 Å².